The van der Waals surface area contributed by atoms with Gasteiger partial charge in [0.05, 0.1) is 11.4 Å². The summed E-state index contributed by atoms with van der Waals surface area (Å²) in [5.41, 5.74) is 3.22. The first-order valence-electron chi connectivity index (χ1n) is 9.14. The van der Waals surface area contributed by atoms with Gasteiger partial charge in [0.2, 0.25) is 11.1 Å². The summed E-state index contributed by atoms with van der Waals surface area (Å²) in [6.07, 6.45) is 3.34. The van der Waals surface area contributed by atoms with Crippen molar-refractivity contribution in [1.29, 1.82) is 0 Å². The van der Waals surface area contributed by atoms with Gasteiger partial charge in [-0.1, -0.05) is 44.5 Å². The number of rotatable bonds is 9. The Balaban J connectivity index is 1.88. The number of benzene rings is 1. The zero-order valence-electron chi connectivity index (χ0n) is 16.3. The number of amides is 1. The number of carbonyl (C=O) groups is 1. The second-order valence-electron chi connectivity index (χ2n) is 7.30. The summed E-state index contributed by atoms with van der Waals surface area (Å²) in [4.78, 5) is 12.2. The van der Waals surface area contributed by atoms with Gasteiger partial charge < -0.3 is 5.32 Å². The van der Waals surface area contributed by atoms with E-state index in [9.17, 15) is 4.79 Å². The highest BCUT2D eigenvalue weighted by molar-refractivity contribution is 7.99. The largest absolute Gasteiger partial charge is 0.353 e. The van der Waals surface area contributed by atoms with Crippen LogP contribution in [0.4, 0.5) is 0 Å². The van der Waals surface area contributed by atoms with Crippen LogP contribution in [0.1, 0.15) is 51.2 Å². The lowest BCUT2D eigenvalue weighted by Gasteiger charge is -2.14. The number of hydrogen-bond acceptors (Lipinski definition) is 5. The van der Waals surface area contributed by atoms with Gasteiger partial charge in [-0.3, -0.25) is 4.79 Å². The Labute approximate surface area is 160 Å². The predicted molar refractivity (Wildman–Crippen MR) is 106 cm³/mol. The maximum Gasteiger partial charge on any atom is 0.230 e. The number of nitrogens with zero attached hydrogens (tertiary/aromatic N) is 4. The quantitative estimate of drug-likeness (QED) is 0.677. The molecule has 7 heteroatoms. The van der Waals surface area contributed by atoms with Gasteiger partial charge in [0.1, 0.15) is 0 Å². The van der Waals surface area contributed by atoms with Crippen LogP contribution >= 0.6 is 11.8 Å². The Hall–Kier alpha value is -1.89. The van der Waals surface area contributed by atoms with E-state index in [1.54, 1.807) is 4.68 Å². The number of nitrogens with one attached hydrogen (secondary N) is 1. The molecule has 0 radical (unpaired) electrons. The van der Waals surface area contributed by atoms with E-state index in [0.717, 1.165) is 29.7 Å². The Morgan fingerprint density at radius 3 is 2.50 bits per heavy atom. The normalized spacial score (nSPS) is 12.4. The molecule has 26 heavy (non-hydrogen) atoms. The predicted octanol–water partition coefficient (Wildman–Crippen LogP) is 3.70. The Morgan fingerprint density at radius 2 is 1.85 bits per heavy atom. The summed E-state index contributed by atoms with van der Waals surface area (Å²) >= 11 is 1.35. The molecule has 1 amide bonds. The molecule has 0 aliphatic heterocycles. The van der Waals surface area contributed by atoms with Crippen molar-refractivity contribution < 1.29 is 4.79 Å². The molecular formula is C19H29N5OS. The van der Waals surface area contributed by atoms with Crippen molar-refractivity contribution in [3.8, 4) is 5.69 Å². The third kappa shape index (κ3) is 6.44. The molecule has 142 valence electrons. The van der Waals surface area contributed by atoms with Gasteiger partial charge in [-0.25, -0.2) is 0 Å². The minimum absolute atomic E-state index is 0.0158. The minimum atomic E-state index is 0.0158. The lowest BCUT2D eigenvalue weighted by Crippen LogP contribution is -2.33. The second kappa shape index (κ2) is 9.71. The summed E-state index contributed by atoms with van der Waals surface area (Å²) in [5, 5.41) is 15.6. The van der Waals surface area contributed by atoms with Crippen LogP contribution in [0.25, 0.3) is 5.69 Å². The van der Waals surface area contributed by atoms with E-state index in [0.29, 0.717) is 16.8 Å². The molecule has 1 heterocycles. The molecular weight excluding hydrogens is 346 g/mol. The number of aromatic nitrogens is 4. The molecule has 1 aromatic heterocycles. The zero-order chi connectivity index (χ0) is 19.1. The number of thioether (sulfide) groups is 1. The van der Waals surface area contributed by atoms with Gasteiger partial charge in [0.15, 0.2) is 0 Å². The average molecular weight is 376 g/mol. The van der Waals surface area contributed by atoms with Gasteiger partial charge in [0, 0.05) is 6.04 Å². The average Bonchev–Trinajstić information content (AvgIpc) is 3.00. The fourth-order valence-corrected chi connectivity index (χ4v) is 3.56. The molecule has 2 rings (SSSR count). The van der Waals surface area contributed by atoms with E-state index in [1.165, 1.54) is 18.2 Å². The highest BCUT2D eigenvalue weighted by Crippen LogP contribution is 2.20. The monoisotopic (exact) mass is 375 g/mol. The number of hydrogen-bond donors (Lipinski definition) is 1. The van der Waals surface area contributed by atoms with Crippen molar-refractivity contribution in [1.82, 2.24) is 25.5 Å². The van der Waals surface area contributed by atoms with Crippen LogP contribution in [-0.4, -0.2) is 37.9 Å². The fourth-order valence-electron chi connectivity index (χ4n) is 2.85. The molecule has 0 aliphatic rings. The van der Waals surface area contributed by atoms with E-state index in [-0.39, 0.29) is 11.9 Å². The first-order valence-corrected chi connectivity index (χ1v) is 10.1. The van der Waals surface area contributed by atoms with Gasteiger partial charge in [-0.2, -0.15) is 4.68 Å². The first kappa shape index (κ1) is 20.4. The van der Waals surface area contributed by atoms with E-state index >= 15 is 0 Å². The zero-order valence-corrected chi connectivity index (χ0v) is 17.1. The molecule has 2 aromatic rings. The van der Waals surface area contributed by atoms with E-state index in [1.807, 2.05) is 26.0 Å². The lowest BCUT2D eigenvalue weighted by molar-refractivity contribution is -0.119. The molecule has 1 atom stereocenters. The Morgan fingerprint density at radius 1 is 1.15 bits per heavy atom. The van der Waals surface area contributed by atoms with Crippen molar-refractivity contribution in [2.75, 3.05) is 5.75 Å². The summed E-state index contributed by atoms with van der Waals surface area (Å²) in [6, 6.07) is 6.36. The van der Waals surface area contributed by atoms with Crippen molar-refractivity contribution >= 4 is 17.7 Å². The topological polar surface area (TPSA) is 72.7 Å². The highest BCUT2D eigenvalue weighted by atomic mass is 32.2. The maximum atomic E-state index is 12.2. The van der Waals surface area contributed by atoms with Crippen LogP contribution in [0.2, 0.25) is 0 Å². The first-order chi connectivity index (χ1) is 12.3. The third-order valence-electron chi connectivity index (χ3n) is 4.05. The highest BCUT2D eigenvalue weighted by Gasteiger charge is 2.13. The number of aryl methyl sites for hydroxylation is 2. The smallest absolute Gasteiger partial charge is 0.230 e. The van der Waals surface area contributed by atoms with Crippen LogP contribution in [0.15, 0.2) is 23.4 Å². The van der Waals surface area contributed by atoms with Gasteiger partial charge in [-0.05, 0) is 66.8 Å². The molecule has 6 nitrogen and oxygen atoms in total. The van der Waals surface area contributed by atoms with Gasteiger partial charge >= 0.3 is 0 Å². The van der Waals surface area contributed by atoms with E-state index in [4.69, 9.17) is 0 Å². The van der Waals surface area contributed by atoms with E-state index < -0.39 is 0 Å². The van der Waals surface area contributed by atoms with Gasteiger partial charge in [0.25, 0.3) is 0 Å². The van der Waals surface area contributed by atoms with Crippen LogP contribution < -0.4 is 5.32 Å². The Bertz CT molecular complexity index is 708. The summed E-state index contributed by atoms with van der Waals surface area (Å²) in [7, 11) is 0. The molecule has 0 saturated heterocycles. The number of tetrazole rings is 1. The summed E-state index contributed by atoms with van der Waals surface area (Å²) in [5.74, 6) is 1.03. The van der Waals surface area contributed by atoms with Crippen molar-refractivity contribution in [2.45, 2.75) is 65.1 Å². The maximum absolute atomic E-state index is 12.2. The fraction of sp³-hybridized carbons (Fsp3) is 0.579. The third-order valence-corrected chi connectivity index (χ3v) is 4.97. The Kier molecular flexibility index (Phi) is 7.63. The SMILES string of the molecule is Cc1cc(C)cc(-n2nnnc2SCC(=O)N[C@@H](C)CCCC(C)C)c1. The summed E-state index contributed by atoms with van der Waals surface area (Å²) < 4.78 is 1.68. The lowest BCUT2D eigenvalue weighted by atomic mass is 10.0. The van der Waals surface area contributed by atoms with Crippen LogP contribution in [-0.2, 0) is 4.79 Å². The molecule has 1 N–H and O–H groups in total. The molecule has 0 unspecified atom stereocenters. The van der Waals surface area contributed by atoms with Crippen LogP contribution in [0, 0.1) is 19.8 Å². The van der Waals surface area contributed by atoms with Crippen molar-refractivity contribution in [2.24, 2.45) is 5.92 Å². The second-order valence-corrected chi connectivity index (χ2v) is 8.24. The summed E-state index contributed by atoms with van der Waals surface area (Å²) in [6.45, 7) is 10.6. The molecule has 0 spiro atoms. The van der Waals surface area contributed by atoms with Gasteiger partial charge in [-0.15, -0.1) is 5.10 Å². The molecule has 0 fully saturated rings. The molecule has 0 saturated carbocycles. The minimum Gasteiger partial charge on any atom is -0.353 e. The molecule has 0 bridgehead atoms. The van der Waals surface area contributed by atoms with Crippen LogP contribution in [0.5, 0.6) is 0 Å². The standard InChI is InChI=1S/C19H29N5OS/c1-13(2)7-6-8-16(5)20-18(25)12-26-19-21-22-23-24(19)17-10-14(3)9-15(4)11-17/h9-11,13,16H,6-8,12H2,1-5H3,(H,20,25)/t16-/m0/s1. The number of carbonyl (C=O) groups excluding carboxylic acids is 1. The van der Waals surface area contributed by atoms with Crippen molar-refractivity contribution in [3.05, 3.63) is 29.3 Å². The van der Waals surface area contributed by atoms with Crippen molar-refractivity contribution in [3.63, 3.8) is 0 Å². The molecule has 1 aromatic carbocycles. The van der Waals surface area contributed by atoms with E-state index in [2.05, 4.69) is 47.7 Å². The van der Waals surface area contributed by atoms with Crippen LogP contribution in [0.3, 0.4) is 0 Å². The molecule has 0 aliphatic carbocycles.